The molecule has 4 aromatic rings. The zero-order valence-corrected chi connectivity index (χ0v) is 17.2. The highest BCUT2D eigenvalue weighted by atomic mass is 32.1. The van der Waals surface area contributed by atoms with Gasteiger partial charge in [-0.1, -0.05) is 0 Å². The van der Waals surface area contributed by atoms with E-state index in [1.807, 2.05) is 33.3 Å². The lowest BCUT2D eigenvalue weighted by molar-refractivity contribution is 0.0532. The Hall–Kier alpha value is -3.47. The van der Waals surface area contributed by atoms with Crippen LogP contribution in [0.3, 0.4) is 0 Å². The molecule has 4 heterocycles. The highest BCUT2D eigenvalue weighted by molar-refractivity contribution is 7.18. The molecule has 2 N–H and O–H groups in total. The van der Waals surface area contributed by atoms with E-state index in [2.05, 4.69) is 30.8 Å². The summed E-state index contributed by atoms with van der Waals surface area (Å²) in [6.45, 7) is 4.06. The molecule has 0 atom stereocenters. The minimum absolute atomic E-state index is 0.325. The molecule has 150 valence electrons. The molecule has 0 saturated heterocycles. The van der Waals surface area contributed by atoms with Crippen molar-refractivity contribution in [1.29, 1.82) is 0 Å². The van der Waals surface area contributed by atoms with E-state index in [1.165, 1.54) is 11.3 Å². The average molecular weight is 412 g/mol. The lowest BCUT2D eigenvalue weighted by Crippen LogP contribution is -2.01. The summed E-state index contributed by atoms with van der Waals surface area (Å²) in [7, 11) is 3.66. The number of hydrogen-bond donors (Lipinski definition) is 2. The maximum atomic E-state index is 12.0. The number of carbonyl (C=O) groups excluding carboxylic acids is 1. The van der Waals surface area contributed by atoms with Gasteiger partial charge in [-0.15, -0.1) is 11.3 Å². The summed E-state index contributed by atoms with van der Waals surface area (Å²) in [5.41, 5.74) is 2.41. The van der Waals surface area contributed by atoms with Gasteiger partial charge >= 0.3 is 5.97 Å². The zero-order chi connectivity index (χ0) is 20.5. The van der Waals surface area contributed by atoms with Crippen molar-refractivity contribution < 1.29 is 9.53 Å². The molecule has 0 saturated carbocycles. The molecule has 11 heteroatoms. The van der Waals surface area contributed by atoms with Crippen molar-refractivity contribution in [2.45, 2.75) is 13.8 Å². The smallest absolute Gasteiger partial charge is 0.348 e. The van der Waals surface area contributed by atoms with E-state index in [0.29, 0.717) is 28.9 Å². The Balaban J connectivity index is 1.61. The quantitative estimate of drug-likeness (QED) is 0.465. The third-order valence-corrected chi connectivity index (χ3v) is 5.30. The van der Waals surface area contributed by atoms with Gasteiger partial charge in [0.1, 0.15) is 4.88 Å². The van der Waals surface area contributed by atoms with Crippen LogP contribution in [0, 0.1) is 6.92 Å². The molecule has 4 aromatic heterocycles. The van der Waals surface area contributed by atoms with E-state index < -0.39 is 0 Å². The molecule has 0 aliphatic carbocycles. The Kier molecular flexibility index (Phi) is 4.89. The van der Waals surface area contributed by atoms with Gasteiger partial charge in [0.05, 0.1) is 28.9 Å². The van der Waals surface area contributed by atoms with Crippen molar-refractivity contribution in [3.05, 3.63) is 35.1 Å². The molecule has 0 bridgehead atoms. The maximum Gasteiger partial charge on any atom is 0.348 e. The average Bonchev–Trinajstić information content (AvgIpc) is 3.35. The molecule has 29 heavy (non-hydrogen) atoms. The molecule has 0 unspecified atom stereocenters. The summed E-state index contributed by atoms with van der Waals surface area (Å²) in [5.74, 6) is 0.752. The van der Waals surface area contributed by atoms with E-state index in [-0.39, 0.29) is 5.97 Å². The van der Waals surface area contributed by atoms with Gasteiger partial charge in [-0.05, 0) is 25.5 Å². The second-order valence-electron chi connectivity index (χ2n) is 6.40. The summed E-state index contributed by atoms with van der Waals surface area (Å²) in [5, 5.41) is 16.6. The summed E-state index contributed by atoms with van der Waals surface area (Å²) in [6.07, 6.45) is 5.25. The van der Waals surface area contributed by atoms with E-state index in [9.17, 15) is 4.79 Å². The number of carbonyl (C=O) groups is 1. The predicted octanol–water partition coefficient (Wildman–Crippen LogP) is 3.13. The second-order valence-corrected chi connectivity index (χ2v) is 7.45. The number of fused-ring (bicyclic) bond motifs is 1. The molecule has 0 radical (unpaired) electrons. The number of nitrogens with one attached hydrogen (secondary N) is 2. The summed E-state index contributed by atoms with van der Waals surface area (Å²) < 4.78 is 8.45. The minimum atomic E-state index is -0.325. The molecular formula is C18H20N8O2S. The number of aromatic nitrogens is 6. The third kappa shape index (κ3) is 3.76. The molecule has 0 fully saturated rings. The monoisotopic (exact) mass is 412 g/mol. The van der Waals surface area contributed by atoms with E-state index in [4.69, 9.17) is 4.74 Å². The number of thiophene rings is 1. The number of hydrogen-bond acceptors (Lipinski definition) is 9. The first-order valence-electron chi connectivity index (χ1n) is 8.94. The van der Waals surface area contributed by atoms with Crippen molar-refractivity contribution in [3.63, 3.8) is 0 Å². The van der Waals surface area contributed by atoms with Gasteiger partial charge in [-0.25, -0.2) is 14.5 Å². The number of anilines is 4. The molecule has 0 spiro atoms. The van der Waals surface area contributed by atoms with Crippen LogP contribution in [0.4, 0.5) is 22.5 Å². The fourth-order valence-electron chi connectivity index (χ4n) is 2.82. The Labute approximate surface area is 170 Å². The number of esters is 1. The molecule has 0 aliphatic heterocycles. The Morgan fingerprint density at radius 2 is 2.10 bits per heavy atom. The zero-order valence-electron chi connectivity index (χ0n) is 16.4. The van der Waals surface area contributed by atoms with Gasteiger partial charge in [0.25, 0.3) is 0 Å². The minimum Gasteiger partial charge on any atom is -0.462 e. The van der Waals surface area contributed by atoms with Crippen LogP contribution < -0.4 is 10.6 Å². The highest BCUT2D eigenvalue weighted by Gasteiger charge is 2.17. The maximum absolute atomic E-state index is 12.0. The Morgan fingerprint density at radius 3 is 2.83 bits per heavy atom. The van der Waals surface area contributed by atoms with Crippen LogP contribution in [0.2, 0.25) is 0 Å². The fourth-order valence-corrected chi connectivity index (χ4v) is 3.79. The topological polar surface area (TPSA) is 112 Å². The largest absolute Gasteiger partial charge is 0.462 e. The standard InChI is InChI=1S/C18H20N8O2S/c1-5-28-17(27)13-6-10(2)16(29-13)22-14-12-8-19-18(23-15(12)26(4)24-14)21-11-7-20-25(3)9-11/h6-9H,5H2,1-4H3,(H,22,24)(H,19,21,23). The SMILES string of the molecule is CCOC(=O)c1cc(C)c(Nc2nn(C)c3nc(Nc4cnn(C)c4)ncc23)s1. The number of rotatable bonds is 6. The van der Waals surface area contributed by atoms with Gasteiger partial charge in [0, 0.05) is 26.5 Å². The van der Waals surface area contributed by atoms with Crippen LogP contribution in [-0.2, 0) is 18.8 Å². The van der Waals surface area contributed by atoms with E-state index in [0.717, 1.165) is 21.6 Å². The summed E-state index contributed by atoms with van der Waals surface area (Å²) >= 11 is 1.33. The lowest BCUT2D eigenvalue weighted by atomic mass is 10.3. The fraction of sp³-hybridized carbons (Fsp3) is 0.278. The molecule has 10 nitrogen and oxygen atoms in total. The van der Waals surface area contributed by atoms with Gasteiger partial charge < -0.3 is 15.4 Å². The van der Waals surface area contributed by atoms with E-state index in [1.54, 1.807) is 28.7 Å². The molecule has 0 aliphatic rings. The lowest BCUT2D eigenvalue weighted by Gasteiger charge is -2.03. The first-order valence-corrected chi connectivity index (χ1v) is 9.76. The van der Waals surface area contributed by atoms with Crippen LogP contribution in [0.15, 0.2) is 24.7 Å². The van der Waals surface area contributed by atoms with Crippen molar-refractivity contribution in [2.75, 3.05) is 17.2 Å². The summed E-state index contributed by atoms with van der Waals surface area (Å²) in [4.78, 5) is 21.5. The van der Waals surface area contributed by atoms with Gasteiger partial charge in [0.2, 0.25) is 5.95 Å². The van der Waals surface area contributed by atoms with Crippen LogP contribution in [-0.4, -0.2) is 42.1 Å². The van der Waals surface area contributed by atoms with Crippen molar-refractivity contribution in [3.8, 4) is 0 Å². The van der Waals surface area contributed by atoms with Crippen LogP contribution in [0.5, 0.6) is 0 Å². The number of aryl methyl sites for hydroxylation is 3. The number of ether oxygens (including phenoxy) is 1. The van der Waals surface area contributed by atoms with Gasteiger partial charge in [-0.3, -0.25) is 4.68 Å². The van der Waals surface area contributed by atoms with Crippen molar-refractivity contribution in [2.24, 2.45) is 14.1 Å². The van der Waals surface area contributed by atoms with Crippen LogP contribution in [0.25, 0.3) is 11.0 Å². The van der Waals surface area contributed by atoms with Crippen LogP contribution >= 0.6 is 11.3 Å². The molecule has 4 rings (SSSR count). The molecule has 0 aromatic carbocycles. The molecule has 0 amide bonds. The van der Waals surface area contributed by atoms with E-state index >= 15 is 0 Å². The van der Waals surface area contributed by atoms with Gasteiger partial charge in [-0.2, -0.15) is 15.2 Å². The number of nitrogens with zero attached hydrogens (tertiary/aromatic N) is 6. The Bertz CT molecular complexity index is 1190. The van der Waals surface area contributed by atoms with Crippen molar-refractivity contribution in [1.82, 2.24) is 29.5 Å². The normalized spacial score (nSPS) is 11.0. The van der Waals surface area contributed by atoms with Gasteiger partial charge in [0.15, 0.2) is 11.5 Å². The first kappa shape index (κ1) is 18.9. The van der Waals surface area contributed by atoms with Crippen molar-refractivity contribution >= 4 is 50.8 Å². The third-order valence-electron chi connectivity index (χ3n) is 4.17. The predicted molar refractivity (Wildman–Crippen MR) is 111 cm³/mol. The highest BCUT2D eigenvalue weighted by Crippen LogP contribution is 2.33. The Morgan fingerprint density at radius 1 is 1.28 bits per heavy atom. The van der Waals surface area contributed by atoms with Crippen LogP contribution in [0.1, 0.15) is 22.2 Å². The summed E-state index contributed by atoms with van der Waals surface area (Å²) in [6, 6.07) is 1.81. The molecular weight excluding hydrogens is 392 g/mol. The second kappa shape index (κ2) is 7.51. The first-order chi connectivity index (χ1) is 13.9.